The summed E-state index contributed by atoms with van der Waals surface area (Å²) in [4.78, 5) is 0. The monoisotopic (exact) mass is 313 g/mol. The topological polar surface area (TPSA) is 43.8 Å². The normalized spacial score (nSPS) is 19.1. The summed E-state index contributed by atoms with van der Waals surface area (Å²) >= 11 is 3.59. The molecule has 0 aliphatic heterocycles. The van der Waals surface area contributed by atoms with Gasteiger partial charge >= 0.3 is 0 Å². The largest absolute Gasteiger partial charge is 0.323 e. The van der Waals surface area contributed by atoms with Gasteiger partial charge < -0.3 is 5.73 Å². The van der Waals surface area contributed by atoms with Crippen molar-refractivity contribution in [2.24, 2.45) is 11.7 Å². The van der Waals surface area contributed by atoms with Gasteiger partial charge in [0.2, 0.25) is 0 Å². The molecule has 1 aromatic rings. The molecule has 4 heteroatoms. The van der Waals surface area contributed by atoms with E-state index in [1.807, 2.05) is 6.20 Å². The molecule has 0 spiro atoms. The van der Waals surface area contributed by atoms with Crippen molar-refractivity contribution in [3.63, 3.8) is 0 Å². The zero-order chi connectivity index (χ0) is 13.0. The highest BCUT2D eigenvalue weighted by molar-refractivity contribution is 9.10. The predicted molar refractivity (Wildman–Crippen MR) is 78.3 cm³/mol. The van der Waals surface area contributed by atoms with Crippen LogP contribution in [0.5, 0.6) is 0 Å². The number of aryl methyl sites for hydroxylation is 1. The number of aromatic nitrogens is 2. The minimum Gasteiger partial charge on any atom is -0.323 e. The maximum atomic E-state index is 6.41. The van der Waals surface area contributed by atoms with E-state index in [0.717, 1.165) is 29.8 Å². The van der Waals surface area contributed by atoms with E-state index in [2.05, 4.69) is 32.6 Å². The lowest BCUT2D eigenvalue weighted by Gasteiger charge is -2.25. The molecule has 1 unspecified atom stereocenters. The molecule has 1 saturated carbocycles. The van der Waals surface area contributed by atoms with E-state index in [1.165, 1.54) is 37.8 Å². The second-order valence-electron chi connectivity index (χ2n) is 5.45. The summed E-state index contributed by atoms with van der Waals surface area (Å²) in [5.41, 5.74) is 7.59. The lowest BCUT2D eigenvalue weighted by Crippen LogP contribution is -2.21. The van der Waals surface area contributed by atoms with Crippen LogP contribution in [0.1, 0.15) is 63.6 Å². The van der Waals surface area contributed by atoms with E-state index >= 15 is 0 Å². The molecule has 1 aliphatic carbocycles. The van der Waals surface area contributed by atoms with Crippen LogP contribution in [0.2, 0.25) is 0 Å². The fourth-order valence-electron chi connectivity index (χ4n) is 3.02. The molecule has 1 heterocycles. The van der Waals surface area contributed by atoms with Crippen LogP contribution in [0.25, 0.3) is 0 Å². The Kier molecular flexibility index (Phi) is 5.25. The van der Waals surface area contributed by atoms with Gasteiger partial charge in [0.05, 0.1) is 16.4 Å². The molecule has 0 bridgehead atoms. The third kappa shape index (κ3) is 3.35. The third-order valence-corrected chi connectivity index (χ3v) is 4.54. The Morgan fingerprint density at radius 2 is 2.17 bits per heavy atom. The Balaban J connectivity index is 2.02. The van der Waals surface area contributed by atoms with E-state index in [9.17, 15) is 0 Å². The van der Waals surface area contributed by atoms with Crippen LogP contribution in [0.4, 0.5) is 0 Å². The van der Waals surface area contributed by atoms with E-state index in [4.69, 9.17) is 5.73 Å². The number of halogens is 1. The summed E-state index contributed by atoms with van der Waals surface area (Å²) in [6.07, 6.45) is 11.0. The molecule has 1 fully saturated rings. The Bertz CT molecular complexity index is 369. The Morgan fingerprint density at radius 3 is 2.83 bits per heavy atom. The van der Waals surface area contributed by atoms with E-state index in [1.54, 1.807) is 0 Å². The summed E-state index contributed by atoms with van der Waals surface area (Å²) in [7, 11) is 0. The van der Waals surface area contributed by atoms with Gasteiger partial charge in [-0.3, -0.25) is 4.68 Å². The van der Waals surface area contributed by atoms with Crippen molar-refractivity contribution in [2.75, 3.05) is 0 Å². The molecule has 0 aromatic carbocycles. The standard InChI is InChI=1S/C14H24BrN3/c1-2-8-18-14(12(15)10-17-18)13(16)9-11-6-4-3-5-7-11/h10-11,13H,2-9,16H2,1H3. The first-order chi connectivity index (χ1) is 8.72. The van der Waals surface area contributed by atoms with Gasteiger partial charge in [0.15, 0.2) is 0 Å². The van der Waals surface area contributed by atoms with Gasteiger partial charge in [0.25, 0.3) is 0 Å². The molecule has 2 N–H and O–H groups in total. The first-order valence-electron chi connectivity index (χ1n) is 7.19. The molecule has 2 rings (SSSR count). The Labute approximate surface area is 118 Å². The van der Waals surface area contributed by atoms with E-state index in [0.29, 0.717) is 0 Å². The lowest BCUT2D eigenvalue weighted by molar-refractivity contribution is 0.313. The number of nitrogens with two attached hydrogens (primary N) is 1. The van der Waals surface area contributed by atoms with Crippen molar-refractivity contribution in [2.45, 2.75) is 64.5 Å². The van der Waals surface area contributed by atoms with Crippen molar-refractivity contribution >= 4 is 15.9 Å². The summed E-state index contributed by atoms with van der Waals surface area (Å²) in [6, 6.07) is 0.122. The lowest BCUT2D eigenvalue weighted by atomic mass is 9.84. The Morgan fingerprint density at radius 1 is 1.44 bits per heavy atom. The zero-order valence-corrected chi connectivity index (χ0v) is 12.8. The highest BCUT2D eigenvalue weighted by Gasteiger charge is 2.21. The van der Waals surface area contributed by atoms with Gasteiger partial charge in [0.1, 0.15) is 0 Å². The second kappa shape index (κ2) is 6.71. The van der Waals surface area contributed by atoms with Crippen LogP contribution in [-0.4, -0.2) is 9.78 Å². The molecule has 1 atom stereocenters. The minimum absolute atomic E-state index is 0.122. The first-order valence-corrected chi connectivity index (χ1v) is 7.98. The number of rotatable bonds is 5. The van der Waals surface area contributed by atoms with Gasteiger partial charge in [-0.1, -0.05) is 39.0 Å². The number of hydrogen-bond acceptors (Lipinski definition) is 2. The summed E-state index contributed by atoms with van der Waals surface area (Å²) in [5, 5.41) is 4.41. The van der Waals surface area contributed by atoms with E-state index in [-0.39, 0.29) is 6.04 Å². The molecular weight excluding hydrogens is 290 g/mol. The summed E-state index contributed by atoms with van der Waals surface area (Å²) < 4.78 is 3.14. The summed E-state index contributed by atoms with van der Waals surface area (Å²) in [6.45, 7) is 3.13. The quantitative estimate of drug-likeness (QED) is 0.892. The smallest absolute Gasteiger partial charge is 0.0693 e. The van der Waals surface area contributed by atoms with Crippen LogP contribution in [0.3, 0.4) is 0 Å². The van der Waals surface area contributed by atoms with Gasteiger partial charge in [-0.25, -0.2) is 0 Å². The van der Waals surface area contributed by atoms with Crippen molar-refractivity contribution in [3.8, 4) is 0 Å². The molecule has 0 amide bonds. The number of nitrogens with zero attached hydrogens (tertiary/aromatic N) is 2. The highest BCUT2D eigenvalue weighted by atomic mass is 79.9. The summed E-state index contributed by atoms with van der Waals surface area (Å²) in [5.74, 6) is 0.811. The Hall–Kier alpha value is -0.350. The fourth-order valence-corrected chi connectivity index (χ4v) is 3.61. The van der Waals surface area contributed by atoms with Gasteiger partial charge in [-0.2, -0.15) is 5.10 Å². The van der Waals surface area contributed by atoms with Crippen LogP contribution >= 0.6 is 15.9 Å². The van der Waals surface area contributed by atoms with Crippen molar-refractivity contribution in [3.05, 3.63) is 16.4 Å². The van der Waals surface area contributed by atoms with Crippen molar-refractivity contribution in [1.29, 1.82) is 0 Å². The maximum absolute atomic E-state index is 6.41. The van der Waals surface area contributed by atoms with Crippen molar-refractivity contribution < 1.29 is 0 Å². The first kappa shape index (κ1) is 14.1. The average molecular weight is 314 g/mol. The molecule has 0 radical (unpaired) electrons. The highest BCUT2D eigenvalue weighted by Crippen LogP contribution is 2.33. The molecule has 1 aromatic heterocycles. The fraction of sp³-hybridized carbons (Fsp3) is 0.786. The third-order valence-electron chi connectivity index (χ3n) is 3.93. The minimum atomic E-state index is 0.122. The molecule has 1 aliphatic rings. The van der Waals surface area contributed by atoms with Gasteiger partial charge in [-0.05, 0) is 34.7 Å². The molecule has 3 nitrogen and oxygen atoms in total. The average Bonchev–Trinajstić information content (AvgIpc) is 2.72. The number of hydrogen-bond donors (Lipinski definition) is 1. The van der Waals surface area contributed by atoms with Gasteiger partial charge in [-0.15, -0.1) is 0 Å². The SMILES string of the molecule is CCCn1ncc(Br)c1C(N)CC1CCCCC1. The predicted octanol–water partition coefficient (Wildman–Crippen LogP) is 4.03. The van der Waals surface area contributed by atoms with Crippen LogP contribution < -0.4 is 5.73 Å². The molecule has 102 valence electrons. The van der Waals surface area contributed by atoms with Crippen LogP contribution in [0, 0.1) is 5.92 Å². The van der Waals surface area contributed by atoms with E-state index < -0.39 is 0 Å². The maximum Gasteiger partial charge on any atom is 0.0693 e. The van der Waals surface area contributed by atoms with Crippen molar-refractivity contribution in [1.82, 2.24) is 9.78 Å². The molecule has 0 saturated heterocycles. The van der Waals surface area contributed by atoms with Crippen LogP contribution in [0.15, 0.2) is 10.7 Å². The molecule has 18 heavy (non-hydrogen) atoms. The van der Waals surface area contributed by atoms with Crippen LogP contribution in [-0.2, 0) is 6.54 Å². The zero-order valence-electron chi connectivity index (χ0n) is 11.2. The van der Waals surface area contributed by atoms with Gasteiger partial charge in [0, 0.05) is 12.6 Å². The second-order valence-corrected chi connectivity index (χ2v) is 6.30. The molecular formula is C14H24BrN3.